The van der Waals surface area contributed by atoms with Crippen molar-refractivity contribution in [1.82, 2.24) is 39.0 Å². The third-order valence-corrected chi connectivity index (χ3v) is 11.1. The van der Waals surface area contributed by atoms with E-state index in [1.165, 1.54) is 29.9 Å². The standard InChI is InChI=1S/C21H23FN10O9P2S2/c22-9-8-1-36-42(33,44)41-14-13-20(32-7-30-11-16(24)26-5-28-18(11)32)39-21(14,2-35-13)3-37-43(34,45)40-12(9)19(38-8)31-6-29-10-15(23)25-4-27-17(10)31/h4-9,12-14,19-20H,1-3H2,(H,33,44)(H,34,45)(H2,23,25,27)(H2,24,26,28)/t8?,9-,12+,13+,14-,19+,20+,21+,42?,43?/m0/s1. The number of aromatic nitrogens is 8. The average Bonchev–Trinajstić information content (AvgIpc) is 3.80. The van der Waals surface area contributed by atoms with E-state index in [1.54, 1.807) is 4.57 Å². The van der Waals surface area contributed by atoms with Gasteiger partial charge >= 0.3 is 13.5 Å². The maximum atomic E-state index is 15.9. The van der Waals surface area contributed by atoms with Crippen molar-refractivity contribution in [2.75, 3.05) is 31.3 Å². The van der Waals surface area contributed by atoms with Crippen molar-refractivity contribution in [3.8, 4) is 0 Å². The molecule has 10 atom stereocenters. The number of nitrogens with zero attached hydrogens (tertiary/aromatic N) is 8. The fourth-order valence-corrected chi connectivity index (χ4v) is 8.80. The number of hydrogen-bond donors (Lipinski definition) is 4. The minimum atomic E-state index is -4.37. The number of imidazole rings is 2. The molecule has 24 heteroatoms. The van der Waals surface area contributed by atoms with Crippen molar-refractivity contribution < 1.29 is 46.2 Å². The summed E-state index contributed by atoms with van der Waals surface area (Å²) < 4.78 is 73.8. The van der Waals surface area contributed by atoms with Crippen LogP contribution in [0.4, 0.5) is 16.0 Å². The number of alkyl halides is 1. The Bertz CT molecular complexity index is 1920. The molecule has 19 nitrogen and oxygen atoms in total. The fraction of sp³-hybridized carbons (Fsp3) is 0.524. The molecule has 0 spiro atoms. The van der Waals surface area contributed by atoms with Crippen LogP contribution in [0.25, 0.3) is 22.3 Å². The molecule has 240 valence electrons. The van der Waals surface area contributed by atoms with E-state index in [0.29, 0.717) is 11.2 Å². The summed E-state index contributed by atoms with van der Waals surface area (Å²) in [5, 5.41) is 0. The normalized spacial score (nSPS) is 40.3. The van der Waals surface area contributed by atoms with Gasteiger partial charge in [0, 0.05) is 0 Å². The van der Waals surface area contributed by atoms with Crippen LogP contribution in [-0.2, 0) is 48.7 Å². The molecule has 0 aromatic carbocycles. The molecule has 3 unspecified atom stereocenters. The molecule has 45 heavy (non-hydrogen) atoms. The molecule has 0 radical (unpaired) electrons. The first-order valence-corrected chi connectivity index (χ1v) is 18.5. The van der Waals surface area contributed by atoms with Crippen LogP contribution in [-0.4, -0.2) is 99.9 Å². The summed E-state index contributed by atoms with van der Waals surface area (Å²) in [5.74, 6) is 0.228. The molecule has 8 rings (SSSR count). The van der Waals surface area contributed by atoms with Crippen molar-refractivity contribution in [2.24, 2.45) is 0 Å². The molecule has 4 aliphatic rings. The first-order chi connectivity index (χ1) is 21.5. The highest BCUT2D eigenvalue weighted by Crippen LogP contribution is 2.61. The first-order valence-electron chi connectivity index (χ1n) is 13.2. The summed E-state index contributed by atoms with van der Waals surface area (Å²) >= 11 is 9.46. The number of nitrogens with two attached hydrogens (primary N) is 2. The second kappa shape index (κ2) is 10.5. The van der Waals surface area contributed by atoms with Gasteiger partial charge in [0.2, 0.25) is 0 Å². The van der Waals surface area contributed by atoms with Crippen molar-refractivity contribution in [2.45, 2.75) is 48.6 Å². The van der Waals surface area contributed by atoms with Crippen molar-refractivity contribution in [3.05, 3.63) is 25.3 Å². The highest BCUT2D eigenvalue weighted by atomic mass is 32.7. The number of ether oxygens (including phenoxy) is 3. The third kappa shape index (κ3) is 4.86. The van der Waals surface area contributed by atoms with Crippen LogP contribution in [0.3, 0.4) is 0 Å². The van der Waals surface area contributed by atoms with E-state index in [0.717, 1.165) is 0 Å². The molecule has 4 aromatic rings. The van der Waals surface area contributed by atoms with E-state index in [-0.39, 0.29) is 29.4 Å². The summed E-state index contributed by atoms with van der Waals surface area (Å²) in [6.07, 6.45) is -3.96. The number of nitrogen functional groups attached to an aromatic ring is 2. The van der Waals surface area contributed by atoms with Gasteiger partial charge in [-0.25, -0.2) is 38.9 Å². The number of thiol groups is 1. The fourth-order valence-electron chi connectivity index (χ4n) is 5.87. The van der Waals surface area contributed by atoms with Gasteiger partial charge in [-0.2, -0.15) is 0 Å². The number of hydrogen-bond acceptors (Lipinski definition) is 17. The molecule has 4 aromatic heterocycles. The second-order valence-corrected chi connectivity index (χ2v) is 16.3. The van der Waals surface area contributed by atoms with Gasteiger partial charge in [0.25, 0.3) is 0 Å². The lowest BCUT2D eigenvalue weighted by Crippen LogP contribution is -2.45. The zero-order valence-corrected chi connectivity index (χ0v) is 26.0. The molecule has 0 saturated carbocycles. The van der Waals surface area contributed by atoms with Gasteiger partial charge in [0.1, 0.15) is 53.7 Å². The lowest BCUT2D eigenvalue weighted by atomic mass is 10.0. The maximum absolute atomic E-state index is 15.9. The molecule has 8 heterocycles. The summed E-state index contributed by atoms with van der Waals surface area (Å²) in [5.41, 5.74) is 11.4. The predicted octanol–water partition coefficient (Wildman–Crippen LogP) is 0.804. The minimum Gasteiger partial charge on any atom is -0.382 e. The Morgan fingerprint density at radius 3 is 2.27 bits per heavy atom. The third-order valence-electron chi connectivity index (χ3n) is 7.94. The molecule has 0 aliphatic carbocycles. The second-order valence-electron chi connectivity index (χ2n) is 10.6. The summed E-state index contributed by atoms with van der Waals surface area (Å²) in [6.45, 7) is -9.69. The maximum Gasteiger partial charge on any atom is 0.386 e. The van der Waals surface area contributed by atoms with Gasteiger partial charge < -0.3 is 35.1 Å². The van der Waals surface area contributed by atoms with E-state index in [1.807, 2.05) is 0 Å². The van der Waals surface area contributed by atoms with Gasteiger partial charge in [0.05, 0.1) is 32.5 Å². The van der Waals surface area contributed by atoms with E-state index >= 15 is 4.39 Å². The van der Waals surface area contributed by atoms with Crippen molar-refractivity contribution in [1.29, 1.82) is 0 Å². The molecular formula is C21H23FN10O9P2S2. The van der Waals surface area contributed by atoms with Crippen molar-refractivity contribution in [3.63, 3.8) is 0 Å². The lowest BCUT2D eigenvalue weighted by molar-refractivity contribution is -0.182. The largest absolute Gasteiger partial charge is 0.386 e. The van der Waals surface area contributed by atoms with Crippen LogP contribution in [0.1, 0.15) is 12.5 Å². The van der Waals surface area contributed by atoms with Crippen molar-refractivity contribution >= 4 is 71.5 Å². The topological polar surface area (TPSA) is 241 Å². The molecule has 0 amide bonds. The van der Waals surface area contributed by atoms with Gasteiger partial charge in [-0.05, 0) is 11.8 Å². The van der Waals surface area contributed by atoms with Crippen LogP contribution in [0.5, 0.6) is 0 Å². The lowest BCUT2D eigenvalue weighted by Gasteiger charge is -2.33. The summed E-state index contributed by atoms with van der Waals surface area (Å²) in [4.78, 5) is 35.8. The van der Waals surface area contributed by atoms with Crippen LogP contribution in [0.2, 0.25) is 0 Å². The van der Waals surface area contributed by atoms with Crippen LogP contribution in [0.15, 0.2) is 25.3 Å². The number of fused-ring (bicyclic) bond motifs is 4. The Kier molecular flexibility index (Phi) is 7.00. The van der Waals surface area contributed by atoms with Gasteiger partial charge in [-0.15, -0.1) is 0 Å². The summed E-state index contributed by atoms with van der Waals surface area (Å²) in [6, 6.07) is 0. The van der Waals surface area contributed by atoms with Gasteiger partial charge in [-0.1, -0.05) is 12.2 Å². The monoisotopic (exact) mass is 704 g/mol. The Balaban J connectivity index is 1.14. The van der Waals surface area contributed by atoms with Crippen LogP contribution >= 0.6 is 25.8 Å². The smallest absolute Gasteiger partial charge is 0.382 e. The molecule has 4 fully saturated rings. The Hall–Kier alpha value is -2.46. The minimum absolute atomic E-state index is 0.0785. The Morgan fingerprint density at radius 2 is 1.60 bits per heavy atom. The molecule has 4 saturated heterocycles. The SMILES string of the molecule is Nc1ncnc2c1ncn2[C@@H]1OC2COP(O)(=S)O[C@H]3[C@H]4OC[C@]3(COP(=O)(S)O[C@@H]1[C@H]2F)O[C@H]4n1cnc2c(N)ncnc21. The zero-order chi connectivity index (χ0) is 31.3. The predicted molar refractivity (Wildman–Crippen MR) is 156 cm³/mol. The van der Waals surface area contributed by atoms with E-state index in [2.05, 4.69) is 42.2 Å². The van der Waals surface area contributed by atoms with E-state index in [4.69, 9.17) is 55.6 Å². The van der Waals surface area contributed by atoms with Gasteiger partial charge in [0.15, 0.2) is 41.6 Å². The van der Waals surface area contributed by atoms with E-state index in [9.17, 15) is 9.46 Å². The summed E-state index contributed by atoms with van der Waals surface area (Å²) in [7, 11) is 0. The molecular weight excluding hydrogens is 681 g/mol. The van der Waals surface area contributed by atoms with E-state index < -0.39 is 75.4 Å². The Morgan fingerprint density at radius 1 is 0.956 bits per heavy atom. The average molecular weight is 705 g/mol. The number of halogens is 1. The zero-order valence-electron chi connectivity index (χ0n) is 22.5. The van der Waals surface area contributed by atoms with Crippen LogP contribution in [0, 0.1) is 0 Å². The van der Waals surface area contributed by atoms with Gasteiger partial charge in [-0.3, -0.25) is 22.7 Å². The molecule has 4 bridgehead atoms. The molecule has 4 aliphatic heterocycles. The number of anilines is 2. The Labute approximate surface area is 261 Å². The number of rotatable bonds is 2. The quantitative estimate of drug-likeness (QED) is 0.167. The van der Waals surface area contributed by atoms with Crippen LogP contribution < -0.4 is 11.5 Å². The molecule has 5 N–H and O–H groups in total. The highest BCUT2D eigenvalue weighted by Gasteiger charge is 2.65. The first kappa shape index (κ1) is 29.9. The highest BCUT2D eigenvalue weighted by molar-refractivity contribution is 8.44.